The molecule has 3 N–H and O–H groups in total. The molecule has 1 aliphatic rings. The van der Waals surface area contributed by atoms with E-state index in [4.69, 9.17) is 5.73 Å². The van der Waals surface area contributed by atoms with E-state index in [1.807, 2.05) is 30.3 Å². The van der Waals surface area contributed by atoms with Crippen LogP contribution in [0.2, 0.25) is 0 Å². The highest BCUT2D eigenvalue weighted by Gasteiger charge is 2.23. The number of likely N-dealkylation sites (tertiary alicyclic amines) is 1. The number of nitrogens with zero attached hydrogens (tertiary/aromatic N) is 2. The summed E-state index contributed by atoms with van der Waals surface area (Å²) in [5, 5.41) is 5.28. The lowest BCUT2D eigenvalue weighted by Crippen LogP contribution is -2.29. The van der Waals surface area contributed by atoms with Crippen LogP contribution in [0.5, 0.6) is 0 Å². The van der Waals surface area contributed by atoms with E-state index >= 15 is 0 Å². The Morgan fingerprint density at radius 2 is 1.95 bits per heavy atom. The third kappa shape index (κ3) is 3.87. The van der Waals surface area contributed by atoms with E-state index in [1.165, 1.54) is 17.7 Å². The molecule has 2 aromatic rings. The number of hydrogen-bond acceptors (Lipinski definition) is 3. The molecule has 1 atom stereocenters. The monoisotopic (exact) mass is 314 g/mol. The van der Waals surface area contributed by atoms with Crippen molar-refractivity contribution < 1.29 is 0 Å². The molecule has 1 fully saturated rings. The Morgan fingerprint density at radius 1 is 1.18 bits per heavy atom. The molecule has 22 heavy (non-hydrogen) atoms. The van der Waals surface area contributed by atoms with Gasteiger partial charge in [-0.25, -0.2) is 0 Å². The molecular formula is C17H22N4S. The maximum Gasteiger partial charge on any atom is 0.193 e. The van der Waals surface area contributed by atoms with Crippen molar-refractivity contribution >= 4 is 23.0 Å². The number of thiophene rings is 1. The summed E-state index contributed by atoms with van der Waals surface area (Å²) in [6.45, 7) is 3.01. The second-order valence-corrected chi connectivity index (χ2v) is 6.47. The van der Waals surface area contributed by atoms with Crippen LogP contribution in [-0.4, -0.2) is 30.5 Å². The summed E-state index contributed by atoms with van der Waals surface area (Å²) in [5.41, 5.74) is 7.00. The second kappa shape index (κ2) is 7.42. The molecule has 0 saturated carbocycles. The quantitative estimate of drug-likeness (QED) is 0.657. The number of aliphatic imine (C=N–C) groups is 1. The molecule has 3 rings (SSSR count). The molecule has 0 bridgehead atoms. The van der Waals surface area contributed by atoms with Gasteiger partial charge < -0.3 is 11.1 Å². The molecule has 5 heteroatoms. The van der Waals surface area contributed by atoms with Crippen molar-refractivity contribution in [2.45, 2.75) is 18.9 Å². The number of anilines is 1. The van der Waals surface area contributed by atoms with Gasteiger partial charge in [-0.2, -0.15) is 0 Å². The van der Waals surface area contributed by atoms with Gasteiger partial charge in [0.2, 0.25) is 0 Å². The van der Waals surface area contributed by atoms with Gasteiger partial charge in [0.15, 0.2) is 5.96 Å². The maximum atomic E-state index is 6.03. The molecule has 0 unspecified atom stereocenters. The lowest BCUT2D eigenvalue weighted by molar-refractivity contribution is 0.255. The Bertz CT molecular complexity index is 588. The van der Waals surface area contributed by atoms with Gasteiger partial charge in [0, 0.05) is 10.6 Å². The molecule has 0 aliphatic carbocycles. The maximum absolute atomic E-state index is 6.03. The van der Waals surface area contributed by atoms with Crippen molar-refractivity contribution in [2.24, 2.45) is 10.7 Å². The topological polar surface area (TPSA) is 53.6 Å². The largest absolute Gasteiger partial charge is 0.370 e. The molecular weight excluding hydrogens is 292 g/mol. The summed E-state index contributed by atoms with van der Waals surface area (Å²) in [4.78, 5) is 8.46. The number of nitrogens with two attached hydrogens (primary N) is 1. The first-order chi connectivity index (χ1) is 10.8. The molecule has 1 aromatic heterocycles. The highest BCUT2D eigenvalue weighted by atomic mass is 32.1. The minimum Gasteiger partial charge on any atom is -0.370 e. The first-order valence-corrected chi connectivity index (χ1v) is 8.60. The predicted molar refractivity (Wildman–Crippen MR) is 94.4 cm³/mol. The zero-order valence-corrected chi connectivity index (χ0v) is 13.4. The van der Waals surface area contributed by atoms with Crippen LogP contribution in [0.4, 0.5) is 5.69 Å². The lowest BCUT2D eigenvalue weighted by Gasteiger charge is -2.25. The van der Waals surface area contributed by atoms with Gasteiger partial charge in [0.25, 0.3) is 0 Å². The molecule has 0 amide bonds. The smallest absolute Gasteiger partial charge is 0.193 e. The zero-order valence-electron chi connectivity index (χ0n) is 12.6. The van der Waals surface area contributed by atoms with E-state index in [1.54, 1.807) is 11.3 Å². The molecule has 4 nitrogen and oxygen atoms in total. The third-order valence-electron chi connectivity index (χ3n) is 3.93. The fourth-order valence-electron chi connectivity index (χ4n) is 2.81. The average molecular weight is 314 g/mol. The Kier molecular flexibility index (Phi) is 5.08. The van der Waals surface area contributed by atoms with Gasteiger partial charge in [0.1, 0.15) is 0 Å². The minimum absolute atomic E-state index is 0.346. The summed E-state index contributed by atoms with van der Waals surface area (Å²) in [6, 6.07) is 14.6. The van der Waals surface area contributed by atoms with E-state index in [9.17, 15) is 0 Å². The summed E-state index contributed by atoms with van der Waals surface area (Å²) in [5.74, 6) is 0.479. The van der Waals surface area contributed by atoms with Crippen molar-refractivity contribution in [3.63, 3.8) is 0 Å². The van der Waals surface area contributed by atoms with Crippen LogP contribution in [0.15, 0.2) is 52.8 Å². The van der Waals surface area contributed by atoms with Gasteiger partial charge in [-0.05, 0) is 49.5 Å². The number of benzene rings is 1. The number of hydrogen-bond donors (Lipinski definition) is 2. The van der Waals surface area contributed by atoms with Crippen molar-refractivity contribution in [3.05, 3.63) is 52.7 Å². The van der Waals surface area contributed by atoms with E-state index in [-0.39, 0.29) is 0 Å². The molecule has 2 heterocycles. The van der Waals surface area contributed by atoms with Gasteiger partial charge in [-0.3, -0.25) is 9.89 Å². The van der Waals surface area contributed by atoms with Crippen molar-refractivity contribution in [1.82, 2.24) is 4.90 Å². The van der Waals surface area contributed by atoms with Crippen LogP contribution in [0.25, 0.3) is 0 Å². The van der Waals surface area contributed by atoms with Crippen LogP contribution in [0.1, 0.15) is 23.8 Å². The van der Waals surface area contributed by atoms with Crippen LogP contribution in [0.3, 0.4) is 0 Å². The normalized spacial score (nSPS) is 17.5. The number of rotatable bonds is 5. The SMILES string of the molecule is NC(=NC[C@@H](c1cccs1)N1CCCC1)Nc1ccccc1. The molecule has 1 aliphatic heterocycles. The Labute approximate surface area is 135 Å². The van der Waals surface area contributed by atoms with Crippen LogP contribution in [0, 0.1) is 0 Å². The van der Waals surface area contributed by atoms with E-state index < -0.39 is 0 Å². The zero-order chi connectivity index (χ0) is 15.2. The van der Waals surface area contributed by atoms with E-state index in [0.29, 0.717) is 18.5 Å². The molecule has 1 saturated heterocycles. The van der Waals surface area contributed by atoms with Gasteiger partial charge in [-0.1, -0.05) is 24.3 Å². The first kappa shape index (κ1) is 15.1. The first-order valence-electron chi connectivity index (χ1n) is 7.72. The highest BCUT2D eigenvalue weighted by Crippen LogP contribution is 2.28. The predicted octanol–water partition coefficient (Wildman–Crippen LogP) is 3.31. The van der Waals surface area contributed by atoms with E-state index in [0.717, 1.165) is 18.8 Å². The Hall–Kier alpha value is -1.85. The Morgan fingerprint density at radius 3 is 2.64 bits per heavy atom. The van der Waals surface area contributed by atoms with E-state index in [2.05, 4.69) is 32.7 Å². The standard InChI is InChI=1S/C17H22N4S/c18-17(20-14-7-2-1-3-8-14)19-13-15(16-9-6-12-22-16)21-10-4-5-11-21/h1-3,6-9,12,15H,4-5,10-11,13H2,(H3,18,19,20)/t15-/m0/s1. The molecule has 116 valence electrons. The number of nitrogens with one attached hydrogen (secondary N) is 1. The summed E-state index contributed by atoms with van der Waals surface area (Å²) < 4.78 is 0. The highest BCUT2D eigenvalue weighted by molar-refractivity contribution is 7.10. The fraction of sp³-hybridized carbons (Fsp3) is 0.353. The summed E-state index contributed by atoms with van der Waals surface area (Å²) >= 11 is 1.80. The number of guanidine groups is 1. The summed E-state index contributed by atoms with van der Waals surface area (Å²) in [7, 11) is 0. The van der Waals surface area contributed by atoms with Crippen molar-refractivity contribution in [3.8, 4) is 0 Å². The summed E-state index contributed by atoms with van der Waals surface area (Å²) in [6.07, 6.45) is 2.56. The lowest BCUT2D eigenvalue weighted by atomic mass is 10.2. The van der Waals surface area contributed by atoms with Crippen LogP contribution < -0.4 is 11.1 Å². The van der Waals surface area contributed by atoms with Crippen molar-refractivity contribution in [2.75, 3.05) is 25.0 Å². The van der Waals surface area contributed by atoms with Gasteiger partial charge in [-0.15, -0.1) is 11.3 Å². The minimum atomic E-state index is 0.346. The Balaban J connectivity index is 1.66. The molecule has 0 radical (unpaired) electrons. The molecule has 0 spiro atoms. The van der Waals surface area contributed by atoms with Gasteiger partial charge >= 0.3 is 0 Å². The van der Waals surface area contributed by atoms with Crippen molar-refractivity contribution in [1.29, 1.82) is 0 Å². The third-order valence-corrected chi connectivity index (χ3v) is 4.91. The van der Waals surface area contributed by atoms with Crippen LogP contribution >= 0.6 is 11.3 Å². The number of para-hydroxylation sites is 1. The molecule has 1 aromatic carbocycles. The van der Waals surface area contributed by atoms with Crippen LogP contribution in [-0.2, 0) is 0 Å². The fourth-order valence-corrected chi connectivity index (χ4v) is 3.67. The average Bonchev–Trinajstić information content (AvgIpc) is 3.22. The second-order valence-electron chi connectivity index (χ2n) is 5.49. The van der Waals surface area contributed by atoms with Gasteiger partial charge in [0.05, 0.1) is 12.6 Å².